The molecule has 0 unspecified atom stereocenters. The molecule has 5 aromatic rings. The molecule has 32 heavy (non-hydrogen) atoms. The summed E-state index contributed by atoms with van der Waals surface area (Å²) in [6.45, 7) is 0. The Labute approximate surface area is 186 Å². The molecule has 3 heterocycles. The fourth-order valence-electron chi connectivity index (χ4n) is 3.03. The van der Waals surface area contributed by atoms with Crippen molar-refractivity contribution in [1.29, 1.82) is 5.26 Å². The number of nitrogens with one attached hydrogen (secondary N) is 1. The van der Waals surface area contributed by atoms with E-state index in [1.54, 1.807) is 23.5 Å². The molecule has 0 radical (unpaired) electrons. The molecule has 154 valence electrons. The number of anilines is 3. The molecule has 9 heteroatoms. The molecule has 0 saturated heterocycles. The van der Waals surface area contributed by atoms with Crippen molar-refractivity contribution in [2.24, 2.45) is 0 Å². The zero-order valence-corrected chi connectivity index (χ0v) is 17.4. The Hall–Kier alpha value is -4.55. The van der Waals surface area contributed by atoms with Crippen LogP contribution in [0.2, 0.25) is 0 Å². The quantitative estimate of drug-likeness (QED) is 0.362. The van der Waals surface area contributed by atoms with Crippen molar-refractivity contribution in [2.75, 3.05) is 11.1 Å². The summed E-state index contributed by atoms with van der Waals surface area (Å²) in [4.78, 5) is 17.1. The molecule has 0 aliphatic carbocycles. The van der Waals surface area contributed by atoms with Gasteiger partial charge in [-0.3, -0.25) is 0 Å². The number of nitrogens with zero attached hydrogens (tertiary/aromatic N) is 5. The van der Waals surface area contributed by atoms with Crippen LogP contribution in [0.1, 0.15) is 11.6 Å². The lowest BCUT2D eigenvalue weighted by Gasteiger charge is -2.06. The van der Waals surface area contributed by atoms with Crippen molar-refractivity contribution in [3.05, 3.63) is 78.3 Å². The Morgan fingerprint density at radius 3 is 2.59 bits per heavy atom. The van der Waals surface area contributed by atoms with Gasteiger partial charge in [0.1, 0.15) is 17.4 Å². The first-order valence-corrected chi connectivity index (χ1v) is 10.4. The summed E-state index contributed by atoms with van der Waals surface area (Å²) in [5.74, 6) is 1.50. The first-order chi connectivity index (χ1) is 15.7. The second-order valence-electron chi connectivity index (χ2n) is 6.69. The second-order valence-corrected chi connectivity index (χ2v) is 7.72. The number of aromatic nitrogens is 4. The minimum atomic E-state index is 0.00388. The van der Waals surface area contributed by atoms with Crippen molar-refractivity contribution < 1.29 is 4.42 Å². The molecule has 0 atom stereocenters. The van der Waals surface area contributed by atoms with E-state index in [2.05, 4.69) is 31.3 Å². The Kier molecular flexibility index (Phi) is 5.03. The van der Waals surface area contributed by atoms with E-state index in [1.165, 1.54) is 0 Å². The largest absolute Gasteiger partial charge is 0.454 e. The third-order valence-electron chi connectivity index (χ3n) is 4.46. The standard InChI is InChI=1S/C23H15N7OS/c24-13-14(20-28-22(25)30-23(29-20)26-15-6-2-1-3-7-15)12-16-10-11-18(31-16)21-27-17-8-4-5-9-19(17)32-21/h1-12H,(H3,25,26,28,29,30)/b14-12+. The number of rotatable bonds is 5. The average molecular weight is 437 g/mol. The number of nitriles is 1. The lowest BCUT2D eigenvalue weighted by Crippen LogP contribution is -2.06. The molecular formula is C23H15N7OS. The van der Waals surface area contributed by atoms with Crippen LogP contribution in [-0.4, -0.2) is 19.9 Å². The Morgan fingerprint density at radius 1 is 0.969 bits per heavy atom. The number of nitrogens with two attached hydrogens (primary N) is 1. The van der Waals surface area contributed by atoms with Crippen molar-refractivity contribution in [2.45, 2.75) is 0 Å². The lowest BCUT2D eigenvalue weighted by atomic mass is 10.2. The molecule has 8 nitrogen and oxygen atoms in total. The van der Waals surface area contributed by atoms with Crippen LogP contribution in [-0.2, 0) is 0 Å². The fraction of sp³-hybridized carbons (Fsp3) is 0. The number of furan rings is 1. The van der Waals surface area contributed by atoms with Crippen LogP contribution in [0, 0.1) is 11.3 Å². The molecule has 3 aromatic heterocycles. The van der Waals surface area contributed by atoms with Crippen LogP contribution in [0.5, 0.6) is 0 Å². The lowest BCUT2D eigenvalue weighted by molar-refractivity contribution is 0.571. The van der Waals surface area contributed by atoms with E-state index in [4.69, 9.17) is 10.2 Å². The summed E-state index contributed by atoms with van der Waals surface area (Å²) in [5.41, 5.74) is 7.75. The number of hydrogen-bond acceptors (Lipinski definition) is 9. The van der Waals surface area contributed by atoms with Gasteiger partial charge in [0.05, 0.1) is 10.2 Å². The van der Waals surface area contributed by atoms with Crippen molar-refractivity contribution in [3.63, 3.8) is 0 Å². The topological polar surface area (TPSA) is 127 Å². The minimum absolute atomic E-state index is 0.00388. The number of allylic oxidation sites excluding steroid dienone is 1. The Morgan fingerprint density at radius 2 is 1.78 bits per heavy atom. The van der Waals surface area contributed by atoms with Gasteiger partial charge in [0.25, 0.3) is 0 Å². The maximum Gasteiger partial charge on any atom is 0.232 e. The SMILES string of the molecule is N#C/C(=C\c1ccc(-c2nc3ccccc3s2)o1)c1nc(N)nc(Nc2ccccc2)n1. The van der Waals surface area contributed by atoms with E-state index in [0.717, 1.165) is 20.9 Å². The third-order valence-corrected chi connectivity index (χ3v) is 5.51. The summed E-state index contributed by atoms with van der Waals surface area (Å²) in [6.07, 6.45) is 1.57. The highest BCUT2D eigenvalue weighted by molar-refractivity contribution is 7.21. The Balaban J connectivity index is 1.45. The molecule has 2 aromatic carbocycles. The van der Waals surface area contributed by atoms with Gasteiger partial charge in [0.15, 0.2) is 16.6 Å². The molecule has 0 aliphatic rings. The van der Waals surface area contributed by atoms with Crippen LogP contribution in [0.4, 0.5) is 17.6 Å². The number of hydrogen-bond donors (Lipinski definition) is 2. The van der Waals surface area contributed by atoms with Gasteiger partial charge in [-0.05, 0) is 36.4 Å². The van der Waals surface area contributed by atoms with E-state index >= 15 is 0 Å². The third kappa shape index (κ3) is 4.03. The zero-order valence-electron chi connectivity index (χ0n) is 16.6. The van der Waals surface area contributed by atoms with Gasteiger partial charge in [-0.1, -0.05) is 30.3 Å². The van der Waals surface area contributed by atoms with Gasteiger partial charge < -0.3 is 15.5 Å². The van der Waals surface area contributed by atoms with Crippen LogP contribution >= 0.6 is 11.3 Å². The monoisotopic (exact) mass is 437 g/mol. The zero-order chi connectivity index (χ0) is 21.9. The molecule has 0 spiro atoms. The molecular weight excluding hydrogens is 422 g/mol. The van der Waals surface area contributed by atoms with E-state index < -0.39 is 0 Å². The molecule has 5 rings (SSSR count). The average Bonchev–Trinajstić information content (AvgIpc) is 3.44. The summed E-state index contributed by atoms with van der Waals surface area (Å²) < 4.78 is 6.99. The van der Waals surface area contributed by atoms with Gasteiger partial charge in [-0.25, -0.2) is 4.98 Å². The van der Waals surface area contributed by atoms with E-state index in [-0.39, 0.29) is 23.3 Å². The van der Waals surface area contributed by atoms with Gasteiger partial charge in [-0.15, -0.1) is 11.3 Å². The number of benzene rings is 2. The van der Waals surface area contributed by atoms with Crippen molar-refractivity contribution in [1.82, 2.24) is 19.9 Å². The predicted molar refractivity (Wildman–Crippen MR) is 125 cm³/mol. The first kappa shape index (κ1) is 19.4. The summed E-state index contributed by atoms with van der Waals surface area (Å²) in [6, 6.07) is 23.0. The van der Waals surface area contributed by atoms with E-state index in [0.29, 0.717) is 11.5 Å². The molecule has 3 N–H and O–H groups in total. The highest BCUT2D eigenvalue weighted by Crippen LogP contribution is 2.32. The highest BCUT2D eigenvalue weighted by atomic mass is 32.1. The van der Waals surface area contributed by atoms with Crippen LogP contribution in [0.3, 0.4) is 0 Å². The normalized spacial score (nSPS) is 11.4. The fourth-order valence-corrected chi connectivity index (χ4v) is 3.96. The molecule has 0 bridgehead atoms. The van der Waals surface area contributed by atoms with Crippen molar-refractivity contribution in [3.8, 4) is 16.8 Å². The summed E-state index contributed by atoms with van der Waals surface area (Å²) >= 11 is 1.54. The van der Waals surface area contributed by atoms with Crippen LogP contribution < -0.4 is 11.1 Å². The molecule has 0 saturated carbocycles. The first-order valence-electron chi connectivity index (χ1n) is 9.59. The number of fused-ring (bicyclic) bond motifs is 1. The predicted octanol–water partition coefficient (Wildman–Crippen LogP) is 5.13. The number of nitrogen functional groups attached to an aromatic ring is 1. The molecule has 0 amide bonds. The van der Waals surface area contributed by atoms with Gasteiger partial charge in [-0.2, -0.15) is 20.2 Å². The maximum atomic E-state index is 9.70. The van der Waals surface area contributed by atoms with E-state index in [9.17, 15) is 5.26 Å². The Bertz CT molecular complexity index is 1450. The maximum absolute atomic E-state index is 9.70. The van der Waals surface area contributed by atoms with Gasteiger partial charge in [0.2, 0.25) is 11.9 Å². The van der Waals surface area contributed by atoms with Gasteiger partial charge >= 0.3 is 0 Å². The number of para-hydroxylation sites is 2. The van der Waals surface area contributed by atoms with E-state index in [1.807, 2.05) is 60.7 Å². The highest BCUT2D eigenvalue weighted by Gasteiger charge is 2.13. The molecule has 0 fully saturated rings. The minimum Gasteiger partial charge on any atom is -0.454 e. The number of thiazole rings is 1. The smallest absolute Gasteiger partial charge is 0.232 e. The van der Waals surface area contributed by atoms with Gasteiger partial charge in [0, 0.05) is 11.8 Å². The van der Waals surface area contributed by atoms with Crippen LogP contribution in [0.15, 0.2) is 71.1 Å². The summed E-state index contributed by atoms with van der Waals surface area (Å²) in [5, 5.41) is 13.5. The van der Waals surface area contributed by atoms with Crippen LogP contribution in [0.25, 0.3) is 32.6 Å². The molecule has 0 aliphatic heterocycles. The summed E-state index contributed by atoms with van der Waals surface area (Å²) in [7, 11) is 0. The van der Waals surface area contributed by atoms with Crippen molar-refractivity contribution >= 4 is 50.8 Å². The second kappa shape index (κ2) is 8.29.